The summed E-state index contributed by atoms with van der Waals surface area (Å²) >= 11 is 1.77. The van der Waals surface area contributed by atoms with Crippen LogP contribution in [-0.4, -0.2) is 53.0 Å². The molecule has 9 nitrogen and oxygen atoms in total. The van der Waals surface area contributed by atoms with Gasteiger partial charge in [-0.15, -0.1) is 11.8 Å². The SMILES string of the molecule is [N-]=[N+]=NCCCCCCCCCCO[C@@H]1S[C@@H](CCCCC(=O)O)[C@H]2NC(=O)N[C@H]21. The Morgan fingerprint density at radius 2 is 1.70 bits per heavy atom. The molecule has 0 aromatic heterocycles. The van der Waals surface area contributed by atoms with Crippen LogP contribution in [0, 0.1) is 0 Å². The Balaban J connectivity index is 1.53. The van der Waals surface area contributed by atoms with Crippen LogP contribution in [0.25, 0.3) is 10.4 Å². The van der Waals surface area contributed by atoms with Gasteiger partial charge in [0.15, 0.2) is 0 Å². The van der Waals surface area contributed by atoms with Gasteiger partial charge < -0.3 is 20.5 Å². The van der Waals surface area contributed by atoms with Crippen LogP contribution in [0.3, 0.4) is 0 Å². The van der Waals surface area contributed by atoms with Crippen molar-refractivity contribution < 1.29 is 19.4 Å². The van der Waals surface area contributed by atoms with Gasteiger partial charge in [-0.25, -0.2) is 4.79 Å². The number of amides is 2. The fourth-order valence-electron chi connectivity index (χ4n) is 4.03. The number of ether oxygens (including phenoxy) is 1. The van der Waals surface area contributed by atoms with Crippen molar-refractivity contribution in [1.29, 1.82) is 0 Å². The molecule has 0 aromatic rings. The molecule has 3 N–H and O–H groups in total. The van der Waals surface area contributed by atoms with Crippen LogP contribution in [0.15, 0.2) is 5.11 Å². The Labute approximate surface area is 182 Å². The molecule has 2 heterocycles. The number of nitrogens with zero attached hydrogens (tertiary/aromatic N) is 3. The van der Waals surface area contributed by atoms with Gasteiger partial charge in [0.2, 0.25) is 0 Å². The van der Waals surface area contributed by atoms with Gasteiger partial charge in [-0.1, -0.05) is 50.1 Å². The minimum Gasteiger partial charge on any atom is -0.481 e. The first-order chi connectivity index (χ1) is 14.6. The van der Waals surface area contributed by atoms with Crippen molar-refractivity contribution in [3.05, 3.63) is 10.4 Å². The van der Waals surface area contributed by atoms with E-state index in [4.69, 9.17) is 15.4 Å². The minimum atomic E-state index is -0.755. The molecule has 0 aliphatic carbocycles. The molecule has 170 valence electrons. The summed E-state index contributed by atoms with van der Waals surface area (Å²) in [6.45, 7) is 1.31. The number of nitrogens with one attached hydrogen (secondary N) is 2. The van der Waals surface area contributed by atoms with Gasteiger partial charge in [0.25, 0.3) is 0 Å². The first-order valence-corrected chi connectivity index (χ1v) is 12.1. The lowest BCUT2D eigenvalue weighted by molar-refractivity contribution is -0.137. The zero-order valence-corrected chi connectivity index (χ0v) is 18.4. The van der Waals surface area contributed by atoms with Gasteiger partial charge >= 0.3 is 12.0 Å². The highest BCUT2D eigenvalue weighted by Gasteiger charge is 2.49. The van der Waals surface area contributed by atoms with Crippen LogP contribution in [-0.2, 0) is 9.53 Å². The maximum atomic E-state index is 11.8. The van der Waals surface area contributed by atoms with Crippen molar-refractivity contribution in [2.45, 2.75) is 99.8 Å². The number of hydrogen-bond acceptors (Lipinski definition) is 5. The number of fused-ring (bicyclic) bond motifs is 1. The van der Waals surface area contributed by atoms with E-state index in [1.807, 2.05) is 0 Å². The molecule has 2 rings (SSSR count). The van der Waals surface area contributed by atoms with Gasteiger partial charge in [0.05, 0.1) is 12.1 Å². The van der Waals surface area contributed by atoms with E-state index in [0.29, 0.717) is 19.6 Å². The Morgan fingerprint density at radius 3 is 2.40 bits per heavy atom. The second-order valence-corrected chi connectivity index (χ2v) is 9.35. The summed E-state index contributed by atoms with van der Waals surface area (Å²) in [5.74, 6) is -0.755. The van der Waals surface area contributed by atoms with Crippen molar-refractivity contribution in [2.24, 2.45) is 5.11 Å². The van der Waals surface area contributed by atoms with E-state index in [1.165, 1.54) is 25.7 Å². The molecular weight excluding hydrogens is 406 g/mol. The van der Waals surface area contributed by atoms with Gasteiger partial charge in [-0.3, -0.25) is 4.79 Å². The second-order valence-electron chi connectivity index (χ2n) is 8.01. The summed E-state index contributed by atoms with van der Waals surface area (Å²) < 4.78 is 6.10. The topological polar surface area (TPSA) is 136 Å². The highest BCUT2D eigenvalue weighted by atomic mass is 32.2. The smallest absolute Gasteiger partial charge is 0.315 e. The van der Waals surface area contributed by atoms with Gasteiger partial charge in [0, 0.05) is 29.7 Å². The van der Waals surface area contributed by atoms with Crippen molar-refractivity contribution in [3.8, 4) is 0 Å². The number of carboxylic acid groups (broad SMARTS) is 1. The van der Waals surface area contributed by atoms with Gasteiger partial charge in [-0.2, -0.15) is 0 Å². The summed E-state index contributed by atoms with van der Waals surface area (Å²) in [4.78, 5) is 25.2. The highest BCUT2D eigenvalue weighted by Crippen LogP contribution is 2.39. The van der Waals surface area contributed by atoms with Crippen molar-refractivity contribution in [2.75, 3.05) is 13.2 Å². The predicted molar refractivity (Wildman–Crippen MR) is 117 cm³/mol. The van der Waals surface area contributed by atoms with Crippen molar-refractivity contribution >= 4 is 23.8 Å². The van der Waals surface area contributed by atoms with Crippen LogP contribution in [0.4, 0.5) is 4.79 Å². The number of hydrogen-bond donors (Lipinski definition) is 3. The fraction of sp³-hybridized carbons (Fsp3) is 0.900. The standard InChI is InChI=1S/C20H35N5O4S/c21-25-22-13-9-5-3-1-2-4-6-10-14-29-19-18-17(23-20(28)24-18)15(30-19)11-7-8-12-16(26)27/h15,17-19H,1-14H2,(H,26,27)(H2,23,24,28)/t15-,17+,18+,19+/m0/s1. The minimum absolute atomic E-state index is 0.00246. The zero-order chi connectivity index (χ0) is 21.6. The molecule has 10 heteroatoms. The molecule has 2 saturated heterocycles. The quantitative estimate of drug-likeness (QED) is 0.0998. The van der Waals surface area contributed by atoms with Crippen LogP contribution < -0.4 is 10.6 Å². The molecule has 2 amide bonds. The summed E-state index contributed by atoms with van der Waals surface area (Å²) in [7, 11) is 0. The van der Waals surface area contributed by atoms with E-state index in [2.05, 4.69) is 20.7 Å². The average molecular weight is 442 g/mol. The van der Waals surface area contributed by atoms with Crippen LogP contribution in [0.5, 0.6) is 0 Å². The molecule has 2 fully saturated rings. The third-order valence-electron chi connectivity index (χ3n) is 5.61. The average Bonchev–Trinajstić information content (AvgIpc) is 3.24. The van der Waals surface area contributed by atoms with E-state index < -0.39 is 5.97 Å². The molecule has 0 spiro atoms. The Morgan fingerprint density at radius 1 is 1.03 bits per heavy atom. The number of carbonyl (C=O) groups is 2. The van der Waals surface area contributed by atoms with Crippen LogP contribution in [0.1, 0.15) is 77.0 Å². The Hall–Kier alpha value is -1.64. The number of carbonyl (C=O) groups excluding carboxylic acids is 1. The number of unbranched alkanes of at least 4 members (excludes halogenated alkanes) is 8. The highest BCUT2D eigenvalue weighted by molar-refractivity contribution is 8.00. The fourth-order valence-corrected chi connectivity index (χ4v) is 5.66. The van der Waals surface area contributed by atoms with Crippen LogP contribution in [0.2, 0.25) is 0 Å². The molecule has 2 aliphatic heterocycles. The number of azide groups is 1. The van der Waals surface area contributed by atoms with E-state index in [1.54, 1.807) is 11.8 Å². The lowest BCUT2D eigenvalue weighted by Gasteiger charge is -2.17. The van der Waals surface area contributed by atoms with E-state index in [-0.39, 0.29) is 35.2 Å². The summed E-state index contributed by atoms with van der Waals surface area (Å²) in [6.07, 6.45) is 11.7. The monoisotopic (exact) mass is 441 g/mol. The number of thioether (sulfide) groups is 1. The first kappa shape index (κ1) is 24.6. The number of aliphatic carboxylic acids is 1. The molecule has 0 unspecified atom stereocenters. The normalized spacial score (nSPS) is 24.7. The molecule has 0 bridgehead atoms. The maximum absolute atomic E-state index is 11.8. The van der Waals surface area contributed by atoms with Crippen LogP contribution >= 0.6 is 11.8 Å². The zero-order valence-electron chi connectivity index (χ0n) is 17.6. The summed E-state index contributed by atoms with van der Waals surface area (Å²) in [6, 6.07) is -0.0672. The van der Waals surface area contributed by atoms with Crippen molar-refractivity contribution in [1.82, 2.24) is 10.6 Å². The third kappa shape index (κ3) is 9.02. The molecule has 30 heavy (non-hydrogen) atoms. The van der Waals surface area contributed by atoms with Gasteiger partial charge in [0.1, 0.15) is 5.44 Å². The lowest BCUT2D eigenvalue weighted by Crippen LogP contribution is -2.40. The maximum Gasteiger partial charge on any atom is 0.315 e. The molecular formula is C20H35N5O4S. The second kappa shape index (κ2) is 14.4. The Bertz CT molecular complexity index is 588. The van der Waals surface area contributed by atoms with Gasteiger partial charge in [-0.05, 0) is 31.2 Å². The molecule has 4 atom stereocenters. The van der Waals surface area contributed by atoms with E-state index >= 15 is 0 Å². The Kier molecular flexibility index (Phi) is 11.8. The predicted octanol–water partition coefficient (Wildman–Crippen LogP) is 4.57. The molecule has 0 aromatic carbocycles. The number of carboxylic acids is 1. The molecule has 0 radical (unpaired) electrons. The molecule has 0 saturated carbocycles. The lowest BCUT2D eigenvalue weighted by atomic mass is 10.0. The summed E-state index contributed by atoms with van der Waals surface area (Å²) in [5, 5.41) is 18.6. The van der Waals surface area contributed by atoms with E-state index in [0.717, 1.165) is 38.5 Å². The number of rotatable bonds is 17. The first-order valence-electron chi connectivity index (χ1n) is 11.2. The third-order valence-corrected chi connectivity index (χ3v) is 7.19. The van der Waals surface area contributed by atoms with Crippen molar-refractivity contribution in [3.63, 3.8) is 0 Å². The molecule has 2 aliphatic rings. The summed E-state index contributed by atoms with van der Waals surface area (Å²) in [5.41, 5.74) is 8.18. The van der Waals surface area contributed by atoms with E-state index in [9.17, 15) is 9.59 Å². The largest absolute Gasteiger partial charge is 0.481 e. The number of urea groups is 1.